The van der Waals surface area contributed by atoms with E-state index in [1.807, 2.05) is 0 Å². The van der Waals surface area contributed by atoms with Crippen LogP contribution >= 0.6 is 0 Å². The Bertz CT molecular complexity index is 487. The van der Waals surface area contributed by atoms with Crippen LogP contribution in [-0.4, -0.2) is 11.9 Å². The highest BCUT2D eigenvalue weighted by atomic mass is 19.4. The minimum atomic E-state index is -4.51. The largest absolute Gasteiger partial charge is 0.418 e. The fraction of sp³-hybridized carbons (Fsp3) is 0.364. The molecular weight excluding hydrogens is 247 g/mol. The van der Waals surface area contributed by atoms with Crippen molar-refractivity contribution in [3.05, 3.63) is 23.8 Å². The van der Waals surface area contributed by atoms with E-state index in [1.165, 1.54) is 17.1 Å². The number of nitrogens with zero attached hydrogens (tertiary/aromatic N) is 1. The van der Waals surface area contributed by atoms with Crippen LogP contribution in [0.1, 0.15) is 18.9 Å². The van der Waals surface area contributed by atoms with Gasteiger partial charge in [-0.2, -0.15) is 13.2 Å². The predicted octanol–water partition coefficient (Wildman–Crippen LogP) is 1.92. The maximum absolute atomic E-state index is 12.7. The lowest BCUT2D eigenvalue weighted by Gasteiger charge is -2.24. The molecule has 1 aromatic rings. The molecule has 1 aliphatic rings. The zero-order chi connectivity index (χ0) is 13.5. The van der Waals surface area contributed by atoms with E-state index < -0.39 is 11.7 Å². The average Bonchev–Trinajstić information content (AvgIpc) is 2.57. The molecule has 3 N–H and O–H groups in total. The Labute approximate surface area is 102 Å². The number of nitrogen functional groups attached to an aromatic ring is 1. The molecule has 1 heterocycles. The van der Waals surface area contributed by atoms with Gasteiger partial charge in [0.2, 0.25) is 5.91 Å². The number of hydrogen-bond acceptors (Lipinski definition) is 3. The second kappa shape index (κ2) is 4.08. The van der Waals surface area contributed by atoms with Gasteiger partial charge in [0.1, 0.15) is 0 Å². The highest BCUT2D eigenvalue weighted by molar-refractivity contribution is 5.82. The summed E-state index contributed by atoms with van der Waals surface area (Å²) < 4.78 is 38.1. The molecule has 0 aliphatic carbocycles. The molecular formula is C11H12F3N3O. The quantitative estimate of drug-likeness (QED) is 0.757. The third kappa shape index (κ3) is 2.20. The second-order valence-corrected chi connectivity index (χ2v) is 4.23. The molecule has 0 aromatic heterocycles. The minimum Gasteiger partial charge on any atom is -0.398 e. The zero-order valence-corrected chi connectivity index (χ0v) is 9.58. The Kier molecular flexibility index (Phi) is 2.84. The Balaban J connectivity index is 2.39. The predicted molar refractivity (Wildman–Crippen MR) is 60.6 cm³/mol. The van der Waals surface area contributed by atoms with Gasteiger partial charge in [0.05, 0.1) is 23.7 Å². The number of alkyl halides is 3. The third-order valence-electron chi connectivity index (χ3n) is 2.79. The Hall–Kier alpha value is -1.92. The number of amides is 1. The first-order valence-electron chi connectivity index (χ1n) is 5.34. The van der Waals surface area contributed by atoms with Crippen molar-refractivity contribution < 1.29 is 18.0 Å². The Morgan fingerprint density at radius 2 is 2.11 bits per heavy atom. The second-order valence-electron chi connectivity index (χ2n) is 4.23. The lowest BCUT2D eigenvalue weighted by atomic mass is 10.1. The molecule has 0 saturated carbocycles. The minimum absolute atomic E-state index is 0.192. The van der Waals surface area contributed by atoms with Crippen molar-refractivity contribution in [3.8, 4) is 0 Å². The van der Waals surface area contributed by atoms with Crippen molar-refractivity contribution in [2.75, 3.05) is 10.7 Å². The van der Waals surface area contributed by atoms with Gasteiger partial charge in [0.25, 0.3) is 0 Å². The number of carbonyl (C=O) groups excluding carboxylic acids is 1. The van der Waals surface area contributed by atoms with Crippen LogP contribution in [0.5, 0.6) is 0 Å². The topological polar surface area (TPSA) is 58.4 Å². The van der Waals surface area contributed by atoms with Crippen LogP contribution in [-0.2, 0) is 11.0 Å². The molecule has 1 saturated heterocycles. The van der Waals surface area contributed by atoms with E-state index in [2.05, 4.69) is 5.43 Å². The van der Waals surface area contributed by atoms with Crippen LogP contribution in [0.4, 0.5) is 24.5 Å². The monoisotopic (exact) mass is 259 g/mol. The van der Waals surface area contributed by atoms with E-state index in [1.54, 1.807) is 6.92 Å². The van der Waals surface area contributed by atoms with Gasteiger partial charge in [-0.15, -0.1) is 0 Å². The number of hydrazine groups is 1. The molecule has 0 bridgehead atoms. The van der Waals surface area contributed by atoms with Crippen LogP contribution in [0.25, 0.3) is 0 Å². The van der Waals surface area contributed by atoms with E-state index in [9.17, 15) is 18.0 Å². The van der Waals surface area contributed by atoms with E-state index in [0.717, 1.165) is 6.07 Å². The summed E-state index contributed by atoms with van der Waals surface area (Å²) in [6, 6.07) is 3.39. The maximum atomic E-state index is 12.7. The van der Waals surface area contributed by atoms with Crippen LogP contribution in [0, 0.1) is 0 Å². The first kappa shape index (κ1) is 12.5. The van der Waals surface area contributed by atoms with Gasteiger partial charge in [-0.3, -0.25) is 15.2 Å². The number of halogens is 3. The highest BCUT2D eigenvalue weighted by Gasteiger charge is 2.35. The summed E-state index contributed by atoms with van der Waals surface area (Å²) in [4.78, 5) is 11.2. The third-order valence-corrected chi connectivity index (χ3v) is 2.79. The molecule has 1 amide bonds. The Morgan fingerprint density at radius 3 is 2.61 bits per heavy atom. The van der Waals surface area contributed by atoms with Gasteiger partial charge in [-0.25, -0.2) is 0 Å². The van der Waals surface area contributed by atoms with Crippen LogP contribution in [0.2, 0.25) is 0 Å². The first-order chi connectivity index (χ1) is 8.29. The summed E-state index contributed by atoms with van der Waals surface area (Å²) >= 11 is 0. The summed E-state index contributed by atoms with van der Waals surface area (Å²) in [5.74, 6) is -0.215. The number of carbonyl (C=O) groups is 1. The number of nitrogens with two attached hydrogens (primary N) is 1. The molecule has 4 nitrogen and oxygen atoms in total. The van der Waals surface area contributed by atoms with Crippen molar-refractivity contribution in [3.63, 3.8) is 0 Å². The number of anilines is 2. The smallest absolute Gasteiger partial charge is 0.398 e. The molecule has 1 unspecified atom stereocenters. The molecule has 2 rings (SSSR count). The molecule has 18 heavy (non-hydrogen) atoms. The molecule has 1 aliphatic heterocycles. The van der Waals surface area contributed by atoms with Gasteiger partial charge in [0.15, 0.2) is 0 Å². The van der Waals surface area contributed by atoms with Crippen molar-refractivity contribution >= 4 is 17.3 Å². The van der Waals surface area contributed by atoms with Crippen molar-refractivity contribution in [2.45, 2.75) is 25.6 Å². The van der Waals surface area contributed by atoms with E-state index >= 15 is 0 Å². The summed E-state index contributed by atoms with van der Waals surface area (Å²) in [5, 5.41) is 1.41. The van der Waals surface area contributed by atoms with Gasteiger partial charge in [-0.05, 0) is 25.1 Å². The van der Waals surface area contributed by atoms with Gasteiger partial charge >= 0.3 is 6.18 Å². The molecule has 98 valence electrons. The average molecular weight is 259 g/mol. The van der Waals surface area contributed by atoms with Gasteiger partial charge in [-0.1, -0.05) is 0 Å². The molecule has 1 fully saturated rings. The maximum Gasteiger partial charge on any atom is 0.418 e. The normalized spacial score (nSPS) is 20.1. The number of benzene rings is 1. The first-order valence-corrected chi connectivity index (χ1v) is 5.34. The number of rotatable bonds is 1. The van der Waals surface area contributed by atoms with Crippen molar-refractivity contribution in [2.24, 2.45) is 0 Å². The SMILES string of the molecule is CC1CC(=O)NN1c1ccc(N)c(C(F)(F)F)c1. The standard InChI is InChI=1S/C11H12F3N3O/c1-6-4-10(18)16-17(6)7-2-3-9(15)8(5-7)11(12,13)14/h2-3,5-6H,4,15H2,1H3,(H,16,18). The molecule has 0 spiro atoms. The molecule has 1 aromatic carbocycles. The highest BCUT2D eigenvalue weighted by Crippen LogP contribution is 2.36. The Morgan fingerprint density at radius 1 is 1.44 bits per heavy atom. The van der Waals surface area contributed by atoms with E-state index in [-0.39, 0.29) is 29.7 Å². The lowest BCUT2D eigenvalue weighted by Crippen LogP contribution is -2.37. The van der Waals surface area contributed by atoms with Gasteiger partial charge in [0, 0.05) is 5.69 Å². The molecule has 0 radical (unpaired) electrons. The summed E-state index contributed by atoms with van der Waals surface area (Å²) in [7, 11) is 0. The summed E-state index contributed by atoms with van der Waals surface area (Å²) in [6.45, 7) is 1.75. The zero-order valence-electron chi connectivity index (χ0n) is 9.58. The van der Waals surface area contributed by atoms with Gasteiger partial charge < -0.3 is 5.73 Å². The van der Waals surface area contributed by atoms with Crippen LogP contribution < -0.4 is 16.2 Å². The summed E-state index contributed by atoms with van der Waals surface area (Å²) in [5.41, 5.74) is 6.86. The lowest BCUT2D eigenvalue weighted by molar-refractivity contribution is -0.136. The van der Waals surface area contributed by atoms with Crippen molar-refractivity contribution in [1.29, 1.82) is 0 Å². The fourth-order valence-electron chi connectivity index (χ4n) is 1.91. The summed E-state index contributed by atoms with van der Waals surface area (Å²) in [6.07, 6.45) is -4.25. The number of hydrogen-bond donors (Lipinski definition) is 2. The molecule has 7 heteroatoms. The fourth-order valence-corrected chi connectivity index (χ4v) is 1.91. The van der Waals surface area contributed by atoms with E-state index in [0.29, 0.717) is 0 Å². The van der Waals surface area contributed by atoms with E-state index in [4.69, 9.17) is 5.73 Å². The van der Waals surface area contributed by atoms with Crippen molar-refractivity contribution in [1.82, 2.24) is 5.43 Å². The van der Waals surface area contributed by atoms with Crippen LogP contribution in [0.15, 0.2) is 18.2 Å². The van der Waals surface area contributed by atoms with Crippen LogP contribution in [0.3, 0.4) is 0 Å². The number of nitrogens with one attached hydrogen (secondary N) is 1. The molecule has 1 atom stereocenters.